The maximum atomic E-state index is 11.1. The molecule has 4 nitrogen and oxygen atoms in total. The SMILES string of the molecule is CC1(C(=O)O)CCN(Cc2cc(Br)c(Br)o2)CC1. The fraction of sp³-hybridized carbons (Fsp3) is 0.583. The molecule has 100 valence electrons. The van der Waals surface area contributed by atoms with Crippen LogP contribution in [0.2, 0.25) is 0 Å². The number of carboxylic acid groups (broad SMARTS) is 1. The Hall–Kier alpha value is -0.330. The molecule has 1 N–H and O–H groups in total. The highest BCUT2D eigenvalue weighted by atomic mass is 79.9. The van der Waals surface area contributed by atoms with Gasteiger partial charge in [-0.3, -0.25) is 9.69 Å². The van der Waals surface area contributed by atoms with Crippen LogP contribution in [-0.2, 0) is 11.3 Å². The van der Waals surface area contributed by atoms with Gasteiger partial charge in [0, 0.05) is 0 Å². The third kappa shape index (κ3) is 2.97. The van der Waals surface area contributed by atoms with Crippen LogP contribution >= 0.6 is 31.9 Å². The van der Waals surface area contributed by atoms with Crippen molar-refractivity contribution in [1.29, 1.82) is 0 Å². The summed E-state index contributed by atoms with van der Waals surface area (Å²) in [4.78, 5) is 13.4. The van der Waals surface area contributed by atoms with E-state index in [0.717, 1.165) is 29.9 Å². The third-order valence-electron chi connectivity index (χ3n) is 3.55. The lowest BCUT2D eigenvalue weighted by Gasteiger charge is -2.35. The third-order valence-corrected chi connectivity index (χ3v) is 5.26. The fourth-order valence-corrected chi connectivity index (χ4v) is 2.77. The minimum atomic E-state index is -0.689. The van der Waals surface area contributed by atoms with Crippen LogP contribution in [0.3, 0.4) is 0 Å². The molecule has 0 aromatic carbocycles. The molecule has 0 unspecified atom stereocenters. The number of carboxylic acids is 1. The second-order valence-corrected chi connectivity index (χ2v) is 6.55. The van der Waals surface area contributed by atoms with Gasteiger partial charge in [0.2, 0.25) is 0 Å². The standard InChI is InChI=1S/C12H15Br2NO3/c1-12(11(16)17)2-4-15(5-3-12)7-8-6-9(13)10(14)18-8/h6H,2-5,7H2,1H3,(H,16,17). The van der Waals surface area contributed by atoms with Crippen molar-refractivity contribution in [1.82, 2.24) is 4.90 Å². The summed E-state index contributed by atoms with van der Waals surface area (Å²) in [5.41, 5.74) is -0.569. The number of nitrogens with zero attached hydrogens (tertiary/aromatic N) is 1. The molecule has 6 heteroatoms. The summed E-state index contributed by atoms with van der Waals surface area (Å²) in [5, 5.41) is 9.16. The van der Waals surface area contributed by atoms with Gasteiger partial charge in [-0.25, -0.2) is 0 Å². The van der Waals surface area contributed by atoms with E-state index in [9.17, 15) is 4.79 Å². The normalized spacial score (nSPS) is 19.9. The molecule has 1 saturated heterocycles. The molecular weight excluding hydrogens is 366 g/mol. The average Bonchev–Trinajstić information content (AvgIpc) is 2.61. The van der Waals surface area contributed by atoms with Gasteiger partial charge in [0.05, 0.1) is 16.4 Å². The number of piperidine rings is 1. The minimum absolute atomic E-state index is 0.569. The smallest absolute Gasteiger partial charge is 0.309 e. The first kappa shape index (κ1) is 14.1. The van der Waals surface area contributed by atoms with Crippen LogP contribution < -0.4 is 0 Å². The van der Waals surface area contributed by atoms with E-state index in [0.29, 0.717) is 17.5 Å². The van der Waals surface area contributed by atoms with Gasteiger partial charge >= 0.3 is 5.97 Å². The molecule has 1 aliphatic rings. The minimum Gasteiger partial charge on any atom is -0.481 e. The van der Waals surface area contributed by atoms with Crippen LogP contribution in [0.1, 0.15) is 25.5 Å². The lowest BCUT2D eigenvalue weighted by Crippen LogP contribution is -2.42. The Balaban J connectivity index is 1.93. The van der Waals surface area contributed by atoms with E-state index >= 15 is 0 Å². The molecule has 0 bridgehead atoms. The highest BCUT2D eigenvalue weighted by Crippen LogP contribution is 2.33. The number of likely N-dealkylation sites (tertiary alicyclic amines) is 1. The number of halogens is 2. The summed E-state index contributed by atoms with van der Waals surface area (Å²) in [7, 11) is 0. The Morgan fingerprint density at radius 1 is 1.50 bits per heavy atom. The van der Waals surface area contributed by atoms with Crippen molar-refractivity contribution in [3.63, 3.8) is 0 Å². The van der Waals surface area contributed by atoms with Gasteiger partial charge in [-0.1, -0.05) is 0 Å². The lowest BCUT2D eigenvalue weighted by atomic mass is 9.80. The number of hydrogen-bond donors (Lipinski definition) is 1. The maximum Gasteiger partial charge on any atom is 0.309 e. The lowest BCUT2D eigenvalue weighted by molar-refractivity contribution is -0.150. The van der Waals surface area contributed by atoms with Crippen LogP contribution in [-0.4, -0.2) is 29.1 Å². The zero-order valence-electron chi connectivity index (χ0n) is 10.1. The van der Waals surface area contributed by atoms with E-state index in [4.69, 9.17) is 9.52 Å². The molecule has 1 fully saturated rings. The van der Waals surface area contributed by atoms with Gasteiger partial charge in [0.15, 0.2) is 4.67 Å². The zero-order chi connectivity index (χ0) is 13.3. The molecule has 0 spiro atoms. The Morgan fingerprint density at radius 3 is 2.56 bits per heavy atom. The first-order valence-corrected chi connectivity index (χ1v) is 7.39. The second kappa shape index (κ2) is 5.35. The van der Waals surface area contributed by atoms with E-state index in [2.05, 4.69) is 36.8 Å². The molecule has 0 aliphatic carbocycles. The first-order chi connectivity index (χ1) is 8.40. The van der Waals surface area contributed by atoms with Crippen LogP contribution in [0.15, 0.2) is 19.6 Å². The van der Waals surface area contributed by atoms with Gasteiger partial charge in [-0.05, 0) is 70.8 Å². The Bertz CT molecular complexity index is 431. The number of hydrogen-bond acceptors (Lipinski definition) is 3. The molecule has 0 saturated carbocycles. The van der Waals surface area contributed by atoms with Crippen LogP contribution in [0.4, 0.5) is 0 Å². The Labute approximate surface area is 123 Å². The van der Waals surface area contributed by atoms with Gasteiger partial charge in [0.25, 0.3) is 0 Å². The van der Waals surface area contributed by atoms with Crippen molar-refractivity contribution in [3.05, 3.63) is 21.0 Å². The van der Waals surface area contributed by atoms with Crippen LogP contribution in [0.5, 0.6) is 0 Å². The molecule has 2 rings (SSSR count). The van der Waals surface area contributed by atoms with Crippen molar-refractivity contribution in [3.8, 4) is 0 Å². The summed E-state index contributed by atoms with van der Waals surface area (Å²) in [6, 6.07) is 1.94. The highest BCUT2D eigenvalue weighted by molar-refractivity contribution is 9.13. The fourth-order valence-electron chi connectivity index (χ4n) is 2.11. The maximum absolute atomic E-state index is 11.1. The van der Waals surface area contributed by atoms with Gasteiger partial charge in [-0.2, -0.15) is 0 Å². The number of aliphatic carboxylic acids is 1. The van der Waals surface area contributed by atoms with Gasteiger partial charge in [0.1, 0.15) is 5.76 Å². The van der Waals surface area contributed by atoms with E-state index < -0.39 is 11.4 Å². The largest absolute Gasteiger partial charge is 0.481 e. The number of rotatable bonds is 3. The zero-order valence-corrected chi connectivity index (χ0v) is 13.3. The Morgan fingerprint density at radius 2 is 2.11 bits per heavy atom. The summed E-state index contributed by atoms with van der Waals surface area (Å²) in [6.07, 6.45) is 1.37. The molecule has 1 aromatic rings. The van der Waals surface area contributed by atoms with Crippen molar-refractivity contribution >= 4 is 37.8 Å². The van der Waals surface area contributed by atoms with E-state index in [1.165, 1.54) is 0 Å². The molecule has 0 atom stereocenters. The van der Waals surface area contributed by atoms with Crippen LogP contribution in [0, 0.1) is 5.41 Å². The summed E-state index contributed by atoms with van der Waals surface area (Å²) in [5.74, 6) is 0.193. The summed E-state index contributed by atoms with van der Waals surface area (Å²) >= 11 is 6.69. The van der Waals surface area contributed by atoms with Crippen molar-refractivity contribution in [2.75, 3.05) is 13.1 Å². The first-order valence-electron chi connectivity index (χ1n) is 5.80. The molecule has 0 radical (unpaired) electrons. The highest BCUT2D eigenvalue weighted by Gasteiger charge is 2.36. The van der Waals surface area contributed by atoms with Gasteiger partial charge in [-0.15, -0.1) is 0 Å². The predicted octanol–water partition coefficient (Wildman–Crippen LogP) is 3.49. The number of furan rings is 1. The molecule has 18 heavy (non-hydrogen) atoms. The summed E-state index contributed by atoms with van der Waals surface area (Å²) in [6.45, 7) is 4.13. The molecule has 0 amide bonds. The summed E-state index contributed by atoms with van der Waals surface area (Å²) < 4.78 is 7.13. The average molecular weight is 381 g/mol. The van der Waals surface area contributed by atoms with E-state index in [1.54, 1.807) is 0 Å². The van der Waals surface area contributed by atoms with Crippen molar-refractivity contribution < 1.29 is 14.3 Å². The quantitative estimate of drug-likeness (QED) is 0.871. The molecule has 2 heterocycles. The topological polar surface area (TPSA) is 53.7 Å². The molecule has 1 aromatic heterocycles. The molecular formula is C12H15Br2NO3. The van der Waals surface area contributed by atoms with Crippen molar-refractivity contribution in [2.45, 2.75) is 26.3 Å². The number of carbonyl (C=O) groups is 1. The van der Waals surface area contributed by atoms with Crippen molar-refractivity contribution in [2.24, 2.45) is 5.41 Å². The predicted molar refractivity (Wildman–Crippen MR) is 74.4 cm³/mol. The molecule has 1 aliphatic heterocycles. The van der Waals surface area contributed by atoms with Crippen LogP contribution in [0.25, 0.3) is 0 Å². The monoisotopic (exact) mass is 379 g/mol. The van der Waals surface area contributed by atoms with Gasteiger partial charge < -0.3 is 9.52 Å². The second-order valence-electron chi connectivity index (χ2n) is 4.98. The van der Waals surface area contributed by atoms with E-state index in [-0.39, 0.29) is 0 Å². The Kier molecular flexibility index (Phi) is 4.18. The van der Waals surface area contributed by atoms with E-state index in [1.807, 2.05) is 13.0 Å².